The molecule has 6 heteroatoms. The van der Waals surface area contributed by atoms with Gasteiger partial charge in [0, 0.05) is 31.7 Å². The minimum Gasteiger partial charge on any atom is -0.396 e. The third-order valence-electron chi connectivity index (χ3n) is 5.12. The Morgan fingerprint density at radius 1 is 1.15 bits per heavy atom. The van der Waals surface area contributed by atoms with Crippen molar-refractivity contribution >= 4 is 17.2 Å². The summed E-state index contributed by atoms with van der Waals surface area (Å²) >= 11 is 0. The van der Waals surface area contributed by atoms with Gasteiger partial charge in [0.1, 0.15) is 5.82 Å². The molecule has 0 aliphatic carbocycles. The first-order valence-corrected chi connectivity index (χ1v) is 9.82. The summed E-state index contributed by atoms with van der Waals surface area (Å²) in [6.07, 6.45) is 2.13. The second-order valence-electron chi connectivity index (χ2n) is 7.65. The molecule has 3 heterocycles. The van der Waals surface area contributed by atoms with Crippen LogP contribution in [0.5, 0.6) is 0 Å². The van der Waals surface area contributed by atoms with Crippen molar-refractivity contribution in [3.8, 4) is 11.4 Å². The summed E-state index contributed by atoms with van der Waals surface area (Å²) in [5.41, 5.74) is 10.1. The summed E-state index contributed by atoms with van der Waals surface area (Å²) in [4.78, 5) is 7.18. The number of hydrogen-bond donors (Lipinski definition) is 2. The van der Waals surface area contributed by atoms with Gasteiger partial charge in [-0.1, -0.05) is 44.2 Å². The summed E-state index contributed by atoms with van der Waals surface area (Å²) in [5, 5.41) is 8.30. The van der Waals surface area contributed by atoms with Crippen molar-refractivity contribution in [3.63, 3.8) is 0 Å². The fourth-order valence-corrected chi connectivity index (χ4v) is 3.65. The number of nitrogens with zero attached hydrogens (tertiary/aromatic N) is 4. The van der Waals surface area contributed by atoms with Crippen molar-refractivity contribution in [2.75, 3.05) is 36.8 Å². The Labute approximate surface area is 160 Å². The first-order chi connectivity index (χ1) is 13.1. The van der Waals surface area contributed by atoms with Crippen LogP contribution in [0, 0.1) is 5.92 Å². The van der Waals surface area contributed by atoms with E-state index >= 15 is 0 Å². The van der Waals surface area contributed by atoms with Crippen LogP contribution >= 0.6 is 0 Å². The number of nitrogens with one attached hydrogen (secondary N) is 1. The van der Waals surface area contributed by atoms with Crippen molar-refractivity contribution in [3.05, 3.63) is 42.0 Å². The molecular formula is C21H28N6. The number of aryl methyl sites for hydroxylation is 1. The smallest absolute Gasteiger partial charge is 0.182 e. The van der Waals surface area contributed by atoms with E-state index in [1.807, 2.05) is 34.8 Å². The molecule has 0 bridgehead atoms. The van der Waals surface area contributed by atoms with Crippen LogP contribution in [0.2, 0.25) is 0 Å². The van der Waals surface area contributed by atoms with Crippen molar-refractivity contribution < 1.29 is 0 Å². The summed E-state index contributed by atoms with van der Waals surface area (Å²) < 4.78 is 1.97. The fraction of sp³-hybridized carbons (Fsp3) is 0.429. The zero-order valence-electron chi connectivity index (χ0n) is 16.2. The van der Waals surface area contributed by atoms with E-state index in [-0.39, 0.29) is 0 Å². The Hall–Kier alpha value is -2.60. The van der Waals surface area contributed by atoms with E-state index in [1.165, 1.54) is 5.56 Å². The van der Waals surface area contributed by atoms with Crippen LogP contribution < -0.4 is 16.0 Å². The summed E-state index contributed by atoms with van der Waals surface area (Å²) in [7, 11) is 0. The number of rotatable bonds is 5. The van der Waals surface area contributed by atoms with Crippen LogP contribution in [0.3, 0.4) is 0 Å². The normalized spacial score (nSPS) is 15.0. The number of benzene rings is 1. The Balaban J connectivity index is 1.86. The van der Waals surface area contributed by atoms with Crippen LogP contribution in [-0.4, -0.2) is 40.8 Å². The second-order valence-corrected chi connectivity index (χ2v) is 7.65. The number of hydrogen-bond acceptors (Lipinski definition) is 5. The second kappa shape index (κ2) is 7.56. The molecule has 2 aromatic heterocycles. The molecule has 3 aromatic rings. The lowest BCUT2D eigenvalue weighted by molar-refractivity contribution is 0.566. The lowest BCUT2D eigenvalue weighted by Crippen LogP contribution is -2.44. The molecule has 1 aliphatic heterocycles. The number of nitrogen functional groups attached to an aromatic ring is 1. The van der Waals surface area contributed by atoms with Gasteiger partial charge in [-0.2, -0.15) is 4.52 Å². The number of anilines is 2. The lowest BCUT2D eigenvalue weighted by Gasteiger charge is -2.31. The van der Waals surface area contributed by atoms with Crippen LogP contribution in [-0.2, 0) is 6.42 Å². The van der Waals surface area contributed by atoms with E-state index < -0.39 is 0 Å². The van der Waals surface area contributed by atoms with E-state index in [0.29, 0.717) is 11.6 Å². The molecule has 142 valence electrons. The number of piperazine rings is 1. The molecule has 0 unspecified atom stereocenters. The third-order valence-corrected chi connectivity index (χ3v) is 5.12. The molecule has 3 N–H and O–H groups in total. The fourth-order valence-electron chi connectivity index (χ4n) is 3.65. The highest BCUT2D eigenvalue weighted by Gasteiger charge is 2.22. The van der Waals surface area contributed by atoms with Gasteiger partial charge in [-0.25, -0.2) is 4.98 Å². The Morgan fingerprint density at radius 3 is 2.59 bits per heavy atom. The van der Waals surface area contributed by atoms with Gasteiger partial charge in [0.15, 0.2) is 11.5 Å². The maximum Gasteiger partial charge on any atom is 0.182 e. The Kier molecular flexibility index (Phi) is 4.99. The Bertz CT molecular complexity index is 909. The van der Waals surface area contributed by atoms with Crippen LogP contribution in [0.4, 0.5) is 11.5 Å². The lowest BCUT2D eigenvalue weighted by atomic mass is 10.0. The van der Waals surface area contributed by atoms with Crippen molar-refractivity contribution in [2.45, 2.75) is 26.7 Å². The number of aromatic nitrogens is 3. The maximum absolute atomic E-state index is 6.40. The minimum absolute atomic E-state index is 0.647. The van der Waals surface area contributed by atoms with Gasteiger partial charge in [-0.05, 0) is 30.4 Å². The van der Waals surface area contributed by atoms with Crippen LogP contribution in [0.1, 0.15) is 25.8 Å². The monoisotopic (exact) mass is 364 g/mol. The molecule has 1 saturated heterocycles. The van der Waals surface area contributed by atoms with Gasteiger partial charge in [0.25, 0.3) is 0 Å². The minimum atomic E-state index is 0.647. The topological polar surface area (TPSA) is 71.5 Å². The van der Waals surface area contributed by atoms with E-state index in [0.717, 1.165) is 61.9 Å². The first-order valence-electron chi connectivity index (χ1n) is 9.82. The molecule has 27 heavy (non-hydrogen) atoms. The maximum atomic E-state index is 6.40. The molecule has 0 spiro atoms. The van der Waals surface area contributed by atoms with Gasteiger partial charge in [-0.15, -0.1) is 5.10 Å². The van der Waals surface area contributed by atoms with E-state index in [4.69, 9.17) is 15.8 Å². The summed E-state index contributed by atoms with van der Waals surface area (Å²) in [5.74, 6) is 2.52. The van der Waals surface area contributed by atoms with E-state index in [9.17, 15) is 0 Å². The molecule has 0 amide bonds. The largest absolute Gasteiger partial charge is 0.396 e. The molecule has 0 saturated carbocycles. The number of fused-ring (bicyclic) bond motifs is 1. The van der Waals surface area contributed by atoms with Crippen LogP contribution in [0.15, 0.2) is 36.4 Å². The molecular weight excluding hydrogens is 336 g/mol. The molecule has 4 rings (SSSR count). The van der Waals surface area contributed by atoms with Gasteiger partial charge < -0.3 is 16.0 Å². The first kappa shape index (κ1) is 17.8. The van der Waals surface area contributed by atoms with Gasteiger partial charge in [-0.3, -0.25) is 0 Å². The molecule has 1 aromatic carbocycles. The van der Waals surface area contributed by atoms with Gasteiger partial charge in [0.2, 0.25) is 0 Å². The average molecular weight is 364 g/mol. The highest BCUT2D eigenvalue weighted by atomic mass is 15.4. The average Bonchev–Trinajstić information content (AvgIpc) is 3.13. The molecule has 6 nitrogen and oxygen atoms in total. The predicted molar refractivity (Wildman–Crippen MR) is 111 cm³/mol. The van der Waals surface area contributed by atoms with Crippen molar-refractivity contribution in [1.29, 1.82) is 0 Å². The van der Waals surface area contributed by atoms with Crippen molar-refractivity contribution in [2.24, 2.45) is 5.92 Å². The summed E-state index contributed by atoms with van der Waals surface area (Å²) in [6, 6.07) is 12.2. The predicted octanol–water partition coefficient (Wildman–Crippen LogP) is 2.98. The van der Waals surface area contributed by atoms with Crippen LogP contribution in [0.25, 0.3) is 17.0 Å². The quantitative estimate of drug-likeness (QED) is 0.728. The number of pyridine rings is 1. The standard InChI is InChI=1S/C21H28N6/c1-15(2)8-9-17-14-18(22)20-24-19(16-6-4-3-5-7-16)25-27(20)21(17)26-12-10-23-11-13-26/h3-7,14-15,23H,8-13,22H2,1-2H3. The SMILES string of the molecule is CC(C)CCc1cc(N)c2nc(-c3ccccc3)nn2c1N1CCNCC1. The van der Waals surface area contributed by atoms with Gasteiger partial charge in [0.05, 0.1) is 5.69 Å². The molecule has 1 fully saturated rings. The van der Waals surface area contributed by atoms with E-state index in [1.54, 1.807) is 0 Å². The van der Waals surface area contributed by atoms with Gasteiger partial charge >= 0.3 is 0 Å². The number of nitrogens with two attached hydrogens (primary N) is 1. The zero-order chi connectivity index (χ0) is 18.8. The highest BCUT2D eigenvalue weighted by molar-refractivity contribution is 5.73. The third kappa shape index (κ3) is 3.62. The molecule has 0 atom stereocenters. The molecule has 1 aliphatic rings. The highest BCUT2D eigenvalue weighted by Crippen LogP contribution is 2.30. The summed E-state index contributed by atoms with van der Waals surface area (Å²) in [6.45, 7) is 8.42. The Morgan fingerprint density at radius 2 is 1.89 bits per heavy atom. The molecule has 0 radical (unpaired) electrons. The van der Waals surface area contributed by atoms with E-state index in [2.05, 4.69) is 30.1 Å². The van der Waals surface area contributed by atoms with Crippen molar-refractivity contribution in [1.82, 2.24) is 19.9 Å². The zero-order valence-corrected chi connectivity index (χ0v) is 16.2.